The Hall–Kier alpha value is -2.57. The molecule has 1 amide bonds. The van der Waals surface area contributed by atoms with Crippen LogP contribution in [-0.4, -0.2) is 44.5 Å². The van der Waals surface area contributed by atoms with Gasteiger partial charge in [-0.2, -0.15) is 0 Å². The van der Waals surface area contributed by atoms with E-state index < -0.39 is 11.9 Å². The number of likely N-dealkylation sites (tertiary alicyclic amines) is 1. The van der Waals surface area contributed by atoms with Gasteiger partial charge in [0, 0.05) is 13.1 Å². The van der Waals surface area contributed by atoms with Crippen molar-refractivity contribution in [3.05, 3.63) is 34.7 Å². The van der Waals surface area contributed by atoms with Gasteiger partial charge in [0.1, 0.15) is 6.54 Å². The highest BCUT2D eigenvalue weighted by molar-refractivity contribution is 5.82. The predicted molar refractivity (Wildman–Crippen MR) is 86.5 cm³/mol. The number of carbonyl (C=O) groups is 2. The molecule has 2 fully saturated rings. The summed E-state index contributed by atoms with van der Waals surface area (Å²) in [6.45, 7) is 0.663. The summed E-state index contributed by atoms with van der Waals surface area (Å²) in [5.41, 5.74) is 1.05. The van der Waals surface area contributed by atoms with Crippen LogP contribution in [0.3, 0.4) is 0 Å². The van der Waals surface area contributed by atoms with E-state index in [0.29, 0.717) is 23.5 Å². The molecule has 0 radical (unpaired) electrons. The quantitative estimate of drug-likeness (QED) is 0.871. The number of hydrogen-bond donors (Lipinski definition) is 2. The van der Waals surface area contributed by atoms with Gasteiger partial charge >= 0.3 is 11.7 Å². The highest BCUT2D eigenvalue weighted by Gasteiger charge is 2.46. The molecule has 0 spiro atoms. The number of hydrogen-bond acceptors (Lipinski definition) is 3. The molecule has 2 atom stereocenters. The fraction of sp³-hybridized carbons (Fsp3) is 0.471. The molecule has 1 aliphatic heterocycles. The van der Waals surface area contributed by atoms with Gasteiger partial charge in [0.15, 0.2) is 0 Å². The molecule has 1 aromatic carbocycles. The monoisotopic (exact) mass is 329 g/mol. The molecule has 2 aromatic rings. The minimum atomic E-state index is -0.827. The number of H-pyrrole nitrogens is 1. The summed E-state index contributed by atoms with van der Waals surface area (Å²) in [4.78, 5) is 40.5. The van der Waals surface area contributed by atoms with Crippen molar-refractivity contribution in [3.8, 4) is 0 Å². The first-order valence-electron chi connectivity index (χ1n) is 8.22. The molecule has 0 unspecified atom stereocenters. The maximum Gasteiger partial charge on any atom is 0.326 e. The Labute approximate surface area is 137 Å². The molecular formula is C17H19N3O4. The van der Waals surface area contributed by atoms with Gasteiger partial charge in [-0.3, -0.25) is 14.2 Å². The lowest BCUT2D eigenvalue weighted by atomic mass is 9.92. The standard InChI is InChI=1S/C17H19N3O4/c21-15(9-20-14-4-2-1-3-13(14)18-17(20)24)19-7-11(10-5-6-10)12(8-19)16(22)23/h1-4,10-12H,5-9H2,(H,18,24)(H,22,23)/t11-,12+/m1/s1. The van der Waals surface area contributed by atoms with E-state index in [1.165, 1.54) is 4.57 Å². The first-order chi connectivity index (χ1) is 11.5. The molecule has 24 heavy (non-hydrogen) atoms. The Morgan fingerprint density at radius 2 is 1.96 bits per heavy atom. The van der Waals surface area contributed by atoms with Crippen molar-refractivity contribution in [1.29, 1.82) is 0 Å². The SMILES string of the molecule is O=C(O)[C@H]1CN(C(=O)Cn2c(=O)[nH]c3ccccc32)C[C@@H]1C1CC1. The fourth-order valence-corrected chi connectivity index (χ4v) is 3.79. The maximum atomic E-state index is 12.6. The molecule has 7 nitrogen and oxygen atoms in total. The Balaban J connectivity index is 1.55. The number of aromatic amines is 1. The second-order valence-corrected chi connectivity index (χ2v) is 6.78. The molecule has 1 aliphatic carbocycles. The number of nitrogens with one attached hydrogen (secondary N) is 1. The number of carboxylic acids is 1. The van der Waals surface area contributed by atoms with Gasteiger partial charge in [-0.05, 0) is 36.8 Å². The van der Waals surface area contributed by atoms with Crippen molar-refractivity contribution >= 4 is 22.9 Å². The predicted octanol–water partition coefficient (Wildman–Crippen LogP) is 0.899. The summed E-state index contributed by atoms with van der Waals surface area (Å²) < 4.78 is 1.41. The summed E-state index contributed by atoms with van der Waals surface area (Å²) in [5.74, 6) is -1.03. The van der Waals surface area contributed by atoms with E-state index in [2.05, 4.69) is 4.98 Å². The van der Waals surface area contributed by atoms with Crippen molar-refractivity contribution in [3.63, 3.8) is 0 Å². The fourth-order valence-electron chi connectivity index (χ4n) is 3.79. The van der Waals surface area contributed by atoms with Crippen molar-refractivity contribution in [2.24, 2.45) is 17.8 Å². The maximum absolute atomic E-state index is 12.6. The van der Waals surface area contributed by atoms with Crippen LogP contribution in [0.15, 0.2) is 29.1 Å². The second-order valence-electron chi connectivity index (χ2n) is 6.78. The minimum Gasteiger partial charge on any atom is -0.481 e. The van der Waals surface area contributed by atoms with Crippen LogP contribution >= 0.6 is 0 Å². The number of para-hydroxylation sites is 2. The molecule has 0 bridgehead atoms. The number of rotatable bonds is 4. The summed E-state index contributed by atoms with van der Waals surface area (Å²) in [6.07, 6.45) is 2.11. The third-order valence-electron chi connectivity index (χ3n) is 5.24. The number of carboxylic acid groups (broad SMARTS) is 1. The number of aliphatic carboxylic acids is 1. The molecule has 126 valence electrons. The van der Waals surface area contributed by atoms with E-state index in [1.54, 1.807) is 17.0 Å². The minimum absolute atomic E-state index is 0.0474. The van der Waals surface area contributed by atoms with Gasteiger partial charge in [-0.25, -0.2) is 4.79 Å². The van der Waals surface area contributed by atoms with Crippen molar-refractivity contribution in [1.82, 2.24) is 14.5 Å². The lowest BCUT2D eigenvalue weighted by Crippen LogP contribution is -2.35. The van der Waals surface area contributed by atoms with E-state index in [1.807, 2.05) is 12.1 Å². The zero-order valence-electron chi connectivity index (χ0n) is 13.1. The number of fused-ring (bicyclic) bond motifs is 1. The summed E-state index contributed by atoms with van der Waals surface area (Å²) in [6, 6.07) is 7.22. The van der Waals surface area contributed by atoms with Crippen molar-refractivity contribution < 1.29 is 14.7 Å². The topological polar surface area (TPSA) is 95.4 Å². The number of aromatic nitrogens is 2. The van der Waals surface area contributed by atoms with Gasteiger partial charge in [0.25, 0.3) is 0 Å². The van der Waals surface area contributed by atoms with Crippen molar-refractivity contribution in [2.45, 2.75) is 19.4 Å². The molecule has 1 saturated heterocycles. The zero-order chi connectivity index (χ0) is 16.8. The van der Waals surface area contributed by atoms with E-state index in [-0.39, 0.29) is 30.6 Å². The van der Waals surface area contributed by atoms with Crippen LogP contribution in [-0.2, 0) is 16.1 Å². The Bertz CT molecular complexity index is 864. The summed E-state index contributed by atoms with van der Waals surface area (Å²) in [7, 11) is 0. The van der Waals surface area contributed by atoms with Crippen LogP contribution in [0.5, 0.6) is 0 Å². The molecule has 2 heterocycles. The van der Waals surface area contributed by atoms with E-state index in [9.17, 15) is 19.5 Å². The molecule has 7 heteroatoms. The van der Waals surface area contributed by atoms with Crippen LogP contribution in [0.2, 0.25) is 0 Å². The molecule has 2 aliphatic rings. The van der Waals surface area contributed by atoms with E-state index in [4.69, 9.17) is 0 Å². The summed E-state index contributed by atoms with van der Waals surface area (Å²) >= 11 is 0. The third kappa shape index (κ3) is 2.50. The first-order valence-corrected chi connectivity index (χ1v) is 8.22. The Kier molecular flexibility index (Phi) is 3.44. The van der Waals surface area contributed by atoms with Crippen molar-refractivity contribution in [2.75, 3.05) is 13.1 Å². The molecular weight excluding hydrogens is 310 g/mol. The van der Waals surface area contributed by atoms with Gasteiger partial charge in [-0.1, -0.05) is 12.1 Å². The van der Waals surface area contributed by atoms with E-state index in [0.717, 1.165) is 12.8 Å². The number of nitrogens with zero attached hydrogens (tertiary/aromatic N) is 2. The lowest BCUT2D eigenvalue weighted by molar-refractivity contribution is -0.142. The first kappa shape index (κ1) is 15.0. The highest BCUT2D eigenvalue weighted by atomic mass is 16.4. The number of imidazole rings is 1. The van der Waals surface area contributed by atoms with Crippen LogP contribution in [0.4, 0.5) is 0 Å². The normalized spacial score (nSPS) is 23.8. The highest BCUT2D eigenvalue weighted by Crippen LogP contribution is 2.44. The molecule has 1 aromatic heterocycles. The molecule has 2 N–H and O–H groups in total. The van der Waals surface area contributed by atoms with Crippen LogP contribution in [0, 0.1) is 17.8 Å². The zero-order valence-corrected chi connectivity index (χ0v) is 13.1. The number of benzene rings is 1. The average molecular weight is 329 g/mol. The van der Waals surface area contributed by atoms with Gasteiger partial charge in [0.05, 0.1) is 17.0 Å². The van der Waals surface area contributed by atoms with Gasteiger partial charge in [0.2, 0.25) is 5.91 Å². The number of amides is 1. The third-order valence-corrected chi connectivity index (χ3v) is 5.24. The average Bonchev–Trinajstić information content (AvgIpc) is 3.22. The Morgan fingerprint density at radius 1 is 1.21 bits per heavy atom. The van der Waals surface area contributed by atoms with Crippen LogP contribution in [0.25, 0.3) is 11.0 Å². The molecule has 4 rings (SSSR count). The van der Waals surface area contributed by atoms with Crippen LogP contribution < -0.4 is 5.69 Å². The van der Waals surface area contributed by atoms with E-state index >= 15 is 0 Å². The number of carbonyl (C=O) groups excluding carboxylic acids is 1. The van der Waals surface area contributed by atoms with Crippen LogP contribution in [0.1, 0.15) is 12.8 Å². The lowest BCUT2D eigenvalue weighted by Gasteiger charge is -2.16. The van der Waals surface area contributed by atoms with Gasteiger partial charge < -0.3 is 15.0 Å². The van der Waals surface area contributed by atoms with Gasteiger partial charge in [-0.15, -0.1) is 0 Å². The summed E-state index contributed by atoms with van der Waals surface area (Å²) in [5, 5.41) is 9.40. The second kappa shape index (κ2) is 5.51. The molecule has 1 saturated carbocycles. The smallest absolute Gasteiger partial charge is 0.326 e. The Morgan fingerprint density at radius 3 is 2.67 bits per heavy atom. The largest absolute Gasteiger partial charge is 0.481 e.